The zero-order valence-electron chi connectivity index (χ0n) is 14.9. The lowest BCUT2D eigenvalue weighted by Gasteiger charge is -2.23. The van der Waals surface area contributed by atoms with E-state index in [2.05, 4.69) is 11.6 Å². The van der Waals surface area contributed by atoms with Crippen molar-refractivity contribution >= 4 is 28.5 Å². The number of aromatic hydroxyl groups is 1. The van der Waals surface area contributed by atoms with E-state index in [1.54, 1.807) is 30.3 Å². The lowest BCUT2D eigenvalue weighted by molar-refractivity contribution is -0.112. The van der Waals surface area contributed by atoms with Crippen LogP contribution in [-0.2, 0) is 11.5 Å². The first-order chi connectivity index (χ1) is 13.6. The number of nitrogens with zero attached hydrogens (tertiary/aromatic N) is 3. The summed E-state index contributed by atoms with van der Waals surface area (Å²) in [6.45, 7) is 4.40. The molecule has 140 valence electrons. The molecule has 0 atom stereocenters. The minimum absolute atomic E-state index is 0.136. The molecule has 1 N–H and O–H groups in total. The predicted molar refractivity (Wildman–Crippen MR) is 109 cm³/mol. The van der Waals surface area contributed by atoms with Gasteiger partial charge in [-0.15, -0.1) is 6.58 Å². The van der Waals surface area contributed by atoms with Crippen LogP contribution in [0.3, 0.4) is 0 Å². The molecule has 0 bridgehead atoms. The molecule has 3 aromatic rings. The van der Waals surface area contributed by atoms with Gasteiger partial charge in [-0.25, -0.2) is 4.99 Å². The second-order valence-electron chi connectivity index (χ2n) is 6.25. The summed E-state index contributed by atoms with van der Waals surface area (Å²) in [6, 6.07) is 16.6. The molecule has 2 aromatic carbocycles. The van der Waals surface area contributed by atoms with Gasteiger partial charge in [-0.2, -0.15) is 0 Å². The van der Waals surface area contributed by atoms with E-state index < -0.39 is 5.91 Å². The minimum Gasteiger partial charge on any atom is -0.493 e. The molecule has 7 heteroatoms. The molecule has 0 saturated carbocycles. The third-order valence-electron chi connectivity index (χ3n) is 4.49. The SMILES string of the molecule is C=CCN(Cn1c(O)c(C2=c3ccccc3=NC2=O)sc1=O)c1ccccc1. The zero-order valence-corrected chi connectivity index (χ0v) is 15.7. The Balaban J connectivity index is 1.79. The number of para-hydroxylation sites is 2. The van der Waals surface area contributed by atoms with Crippen molar-refractivity contribution in [2.45, 2.75) is 6.67 Å². The Morgan fingerprint density at radius 2 is 1.82 bits per heavy atom. The van der Waals surface area contributed by atoms with Gasteiger partial charge in [0.25, 0.3) is 5.91 Å². The van der Waals surface area contributed by atoms with Gasteiger partial charge in [0.1, 0.15) is 11.5 Å². The summed E-state index contributed by atoms with van der Waals surface area (Å²) in [4.78, 5) is 30.8. The number of hydrogen-bond donors (Lipinski definition) is 1. The van der Waals surface area contributed by atoms with Crippen LogP contribution in [0.1, 0.15) is 4.88 Å². The average Bonchev–Trinajstić information content (AvgIpc) is 3.18. The minimum atomic E-state index is -0.448. The van der Waals surface area contributed by atoms with Crippen molar-refractivity contribution in [2.24, 2.45) is 4.99 Å². The normalized spacial score (nSPS) is 12.6. The molecular formula is C21H17N3O3S. The van der Waals surface area contributed by atoms with Gasteiger partial charge in [-0.3, -0.25) is 14.2 Å². The summed E-state index contributed by atoms with van der Waals surface area (Å²) in [7, 11) is 0. The first-order valence-electron chi connectivity index (χ1n) is 8.66. The van der Waals surface area contributed by atoms with E-state index in [1.165, 1.54) is 4.57 Å². The van der Waals surface area contributed by atoms with Gasteiger partial charge >= 0.3 is 4.87 Å². The van der Waals surface area contributed by atoms with Gasteiger partial charge in [0.05, 0.1) is 10.9 Å². The monoisotopic (exact) mass is 391 g/mol. The van der Waals surface area contributed by atoms with Gasteiger partial charge in [0, 0.05) is 17.5 Å². The summed E-state index contributed by atoms with van der Waals surface area (Å²) >= 11 is 0.848. The smallest absolute Gasteiger partial charge is 0.312 e. The Hall–Kier alpha value is -3.45. The Morgan fingerprint density at radius 1 is 1.11 bits per heavy atom. The maximum absolute atomic E-state index is 12.6. The van der Waals surface area contributed by atoms with Crippen molar-refractivity contribution in [3.8, 4) is 5.88 Å². The standard InChI is InChI=1S/C21H17N3O3S/c1-2-12-23(14-8-4-3-5-9-14)13-24-20(26)18(28-21(24)27)17-15-10-6-7-11-16(15)22-19(17)25/h2-11,26H,1,12-13H2. The largest absolute Gasteiger partial charge is 0.493 e. The highest BCUT2D eigenvalue weighted by atomic mass is 32.1. The summed E-state index contributed by atoms with van der Waals surface area (Å²) in [5, 5.41) is 12.0. The Bertz CT molecular complexity index is 1240. The van der Waals surface area contributed by atoms with E-state index in [4.69, 9.17) is 0 Å². The summed E-state index contributed by atoms with van der Waals surface area (Å²) in [5.41, 5.74) is 1.16. The van der Waals surface area contributed by atoms with Crippen molar-refractivity contribution in [3.05, 3.63) is 92.4 Å². The number of benzene rings is 2. The Morgan fingerprint density at radius 3 is 2.57 bits per heavy atom. The van der Waals surface area contributed by atoms with Gasteiger partial charge in [-0.1, -0.05) is 53.8 Å². The van der Waals surface area contributed by atoms with E-state index >= 15 is 0 Å². The molecule has 0 unspecified atom stereocenters. The van der Waals surface area contributed by atoms with Crippen molar-refractivity contribution in [2.75, 3.05) is 11.4 Å². The molecule has 0 saturated heterocycles. The Labute approximate surface area is 164 Å². The van der Waals surface area contributed by atoms with Crippen molar-refractivity contribution in [3.63, 3.8) is 0 Å². The van der Waals surface area contributed by atoms with E-state index in [9.17, 15) is 14.7 Å². The lowest BCUT2D eigenvalue weighted by atomic mass is 10.1. The van der Waals surface area contributed by atoms with E-state index in [1.807, 2.05) is 35.2 Å². The summed E-state index contributed by atoms with van der Waals surface area (Å²) in [5.74, 6) is -0.675. The number of carbonyl (C=O) groups excluding carboxylic acids is 1. The maximum atomic E-state index is 12.6. The second kappa shape index (κ2) is 7.28. The number of carbonyl (C=O) groups is 1. The van der Waals surface area contributed by atoms with E-state index in [0.29, 0.717) is 17.1 Å². The summed E-state index contributed by atoms with van der Waals surface area (Å²) < 4.78 is 1.26. The third-order valence-corrected chi connectivity index (χ3v) is 5.47. The van der Waals surface area contributed by atoms with Crippen molar-refractivity contribution < 1.29 is 9.90 Å². The first kappa shape index (κ1) is 17.9. The van der Waals surface area contributed by atoms with Crippen molar-refractivity contribution in [1.82, 2.24) is 4.57 Å². The van der Waals surface area contributed by atoms with Crippen LogP contribution in [0.2, 0.25) is 0 Å². The van der Waals surface area contributed by atoms with Crippen LogP contribution >= 0.6 is 11.3 Å². The van der Waals surface area contributed by atoms with E-state index in [0.717, 1.165) is 17.0 Å². The highest BCUT2D eigenvalue weighted by Crippen LogP contribution is 2.29. The fourth-order valence-corrected chi connectivity index (χ4v) is 4.11. The molecule has 0 radical (unpaired) electrons. The second-order valence-corrected chi connectivity index (χ2v) is 7.21. The molecule has 1 aromatic heterocycles. The fraction of sp³-hybridized carbons (Fsp3) is 0.0952. The lowest BCUT2D eigenvalue weighted by Crippen LogP contribution is -2.30. The van der Waals surface area contributed by atoms with Crippen LogP contribution in [0.5, 0.6) is 5.88 Å². The van der Waals surface area contributed by atoms with Gasteiger partial charge in [-0.05, 0) is 18.2 Å². The molecule has 1 amide bonds. The van der Waals surface area contributed by atoms with Crippen molar-refractivity contribution in [1.29, 1.82) is 0 Å². The first-order valence-corrected chi connectivity index (χ1v) is 9.48. The van der Waals surface area contributed by atoms with Crippen LogP contribution in [0.25, 0.3) is 5.57 Å². The zero-order chi connectivity index (χ0) is 19.7. The highest BCUT2D eigenvalue weighted by molar-refractivity contribution is 7.11. The topological polar surface area (TPSA) is 74.9 Å². The molecule has 0 aliphatic carbocycles. The molecule has 6 nitrogen and oxygen atoms in total. The summed E-state index contributed by atoms with van der Waals surface area (Å²) in [6.07, 6.45) is 1.73. The van der Waals surface area contributed by atoms with Crippen LogP contribution in [-0.4, -0.2) is 22.1 Å². The van der Waals surface area contributed by atoms with Crippen LogP contribution in [0, 0.1) is 0 Å². The highest BCUT2D eigenvalue weighted by Gasteiger charge is 2.26. The van der Waals surface area contributed by atoms with Gasteiger partial charge < -0.3 is 10.0 Å². The molecule has 1 aliphatic heterocycles. The van der Waals surface area contributed by atoms with Crippen LogP contribution in [0.15, 0.2) is 77.0 Å². The van der Waals surface area contributed by atoms with E-state index in [-0.39, 0.29) is 27.9 Å². The molecule has 28 heavy (non-hydrogen) atoms. The number of aromatic nitrogens is 1. The molecule has 1 aliphatic rings. The van der Waals surface area contributed by atoms with Gasteiger partial charge in [0.15, 0.2) is 0 Å². The molecular weight excluding hydrogens is 374 g/mol. The van der Waals surface area contributed by atoms with Gasteiger partial charge in [0.2, 0.25) is 5.88 Å². The average molecular weight is 391 g/mol. The molecule has 0 fully saturated rings. The quantitative estimate of drug-likeness (QED) is 0.648. The number of amides is 1. The van der Waals surface area contributed by atoms with Crippen LogP contribution in [0.4, 0.5) is 5.69 Å². The number of rotatable bonds is 6. The number of anilines is 1. The Kier molecular flexibility index (Phi) is 4.67. The third kappa shape index (κ3) is 3.05. The number of fused-ring (bicyclic) bond motifs is 1. The number of hydrogen-bond acceptors (Lipinski definition) is 5. The maximum Gasteiger partial charge on any atom is 0.312 e. The molecule has 2 heterocycles. The van der Waals surface area contributed by atoms with Crippen LogP contribution < -0.4 is 20.3 Å². The molecule has 4 rings (SSSR count). The predicted octanol–water partition coefficient (Wildman–Crippen LogP) is 1.62. The molecule has 0 spiro atoms. The fourth-order valence-electron chi connectivity index (χ4n) is 3.18. The number of thiazole rings is 1.